The topological polar surface area (TPSA) is 27.7 Å². The maximum absolute atomic E-state index is 14.3. The molecule has 1 aliphatic rings. The predicted octanol–water partition coefficient (Wildman–Crippen LogP) is 7.24. The van der Waals surface area contributed by atoms with Gasteiger partial charge in [0.15, 0.2) is 11.6 Å². The van der Waals surface area contributed by atoms with Gasteiger partial charge in [-0.05, 0) is 42.3 Å². The van der Waals surface area contributed by atoms with Crippen molar-refractivity contribution in [1.29, 1.82) is 0 Å². The van der Waals surface area contributed by atoms with Crippen LogP contribution in [-0.4, -0.2) is 30.9 Å². The lowest BCUT2D eigenvalue weighted by Gasteiger charge is -2.43. The summed E-state index contributed by atoms with van der Waals surface area (Å²) in [6.45, 7) is -0.362. The Morgan fingerprint density at radius 3 is 2.41 bits per heavy atom. The van der Waals surface area contributed by atoms with Crippen LogP contribution in [0.15, 0.2) is 72.8 Å². The molecule has 0 bridgehead atoms. The largest absolute Gasteiger partial charge is 0.454 e. The number of rotatable bonds is 10. The molecule has 0 aliphatic heterocycles. The molecule has 0 fully saturated rings. The third-order valence-corrected chi connectivity index (χ3v) is 5.36. The van der Waals surface area contributed by atoms with Crippen LogP contribution in [0.2, 0.25) is 0 Å². The molecule has 0 amide bonds. The van der Waals surface area contributed by atoms with E-state index in [0.717, 1.165) is 6.07 Å². The van der Waals surface area contributed by atoms with Crippen LogP contribution in [0.5, 0.6) is 11.5 Å². The molecule has 3 atom stereocenters. The van der Waals surface area contributed by atoms with Crippen LogP contribution in [0.1, 0.15) is 18.9 Å². The Kier molecular flexibility index (Phi) is 8.43. The number of benzene rings is 2. The standard InChI is InChI=1S/C25H24F6O3/c1-2-22(32-16-25(29,30)31)24(13-7-6-10-19(24)23(27)28)33-15-17-11-12-20(26)21(14-17)34-18-8-4-3-5-9-18/h3-14,19,22-23H,2,15-16H2,1H3. The monoisotopic (exact) mass is 486 g/mol. The first-order chi connectivity index (χ1) is 16.1. The maximum Gasteiger partial charge on any atom is 0.411 e. The molecule has 0 radical (unpaired) electrons. The predicted molar refractivity (Wildman–Crippen MR) is 114 cm³/mol. The molecule has 0 aromatic heterocycles. The van der Waals surface area contributed by atoms with E-state index in [4.69, 9.17) is 14.2 Å². The molecular formula is C25H24F6O3. The molecule has 9 heteroatoms. The fourth-order valence-corrected chi connectivity index (χ4v) is 3.79. The van der Waals surface area contributed by atoms with Crippen molar-refractivity contribution in [1.82, 2.24) is 0 Å². The highest BCUT2D eigenvalue weighted by atomic mass is 19.4. The lowest BCUT2D eigenvalue weighted by Crippen LogP contribution is -2.53. The highest BCUT2D eigenvalue weighted by molar-refractivity contribution is 5.35. The van der Waals surface area contributed by atoms with Gasteiger partial charge >= 0.3 is 6.18 Å². The second kappa shape index (κ2) is 11.1. The molecule has 0 spiro atoms. The van der Waals surface area contributed by atoms with Gasteiger partial charge in [0.25, 0.3) is 0 Å². The molecule has 3 unspecified atom stereocenters. The van der Waals surface area contributed by atoms with Gasteiger partial charge in [-0.3, -0.25) is 0 Å². The van der Waals surface area contributed by atoms with E-state index in [0.29, 0.717) is 11.3 Å². The summed E-state index contributed by atoms with van der Waals surface area (Å²) in [6.07, 6.45) is -3.55. The average molecular weight is 486 g/mol. The summed E-state index contributed by atoms with van der Waals surface area (Å²) in [7, 11) is 0. The van der Waals surface area contributed by atoms with Gasteiger partial charge in [-0.25, -0.2) is 13.2 Å². The molecule has 0 saturated carbocycles. The molecule has 0 N–H and O–H groups in total. The Bertz CT molecular complexity index is 990. The Balaban J connectivity index is 1.86. The molecule has 2 aromatic rings. The number of alkyl halides is 5. The highest BCUT2D eigenvalue weighted by Crippen LogP contribution is 2.40. The summed E-state index contributed by atoms with van der Waals surface area (Å²) < 4.78 is 97.1. The van der Waals surface area contributed by atoms with Gasteiger partial charge in [0.05, 0.1) is 18.6 Å². The first kappa shape index (κ1) is 25.8. The van der Waals surface area contributed by atoms with E-state index in [-0.39, 0.29) is 18.8 Å². The zero-order valence-corrected chi connectivity index (χ0v) is 18.3. The Morgan fingerprint density at radius 2 is 1.76 bits per heavy atom. The third-order valence-electron chi connectivity index (χ3n) is 5.36. The molecule has 34 heavy (non-hydrogen) atoms. The van der Waals surface area contributed by atoms with Gasteiger partial charge in [0, 0.05) is 0 Å². The summed E-state index contributed by atoms with van der Waals surface area (Å²) in [5, 5.41) is 0. The first-order valence-corrected chi connectivity index (χ1v) is 10.6. The maximum atomic E-state index is 14.3. The van der Waals surface area contributed by atoms with Crippen LogP contribution in [0, 0.1) is 11.7 Å². The third kappa shape index (κ3) is 6.42. The zero-order valence-electron chi connectivity index (χ0n) is 18.3. The van der Waals surface area contributed by atoms with Gasteiger partial charge in [0.1, 0.15) is 18.0 Å². The summed E-state index contributed by atoms with van der Waals surface area (Å²) in [4.78, 5) is 0. The minimum absolute atomic E-state index is 0.0106. The summed E-state index contributed by atoms with van der Waals surface area (Å²) >= 11 is 0. The van der Waals surface area contributed by atoms with Crippen LogP contribution in [0.4, 0.5) is 26.3 Å². The minimum Gasteiger partial charge on any atom is -0.454 e. The second-order valence-electron chi connectivity index (χ2n) is 7.75. The van der Waals surface area contributed by atoms with E-state index in [1.807, 2.05) is 0 Å². The normalized spacial score (nSPS) is 21.1. The van der Waals surface area contributed by atoms with Crippen molar-refractivity contribution in [2.75, 3.05) is 6.61 Å². The van der Waals surface area contributed by atoms with Gasteiger partial charge in [-0.1, -0.05) is 49.4 Å². The molecule has 3 nitrogen and oxygen atoms in total. The zero-order chi connectivity index (χ0) is 24.8. The lowest BCUT2D eigenvalue weighted by molar-refractivity contribution is -0.223. The first-order valence-electron chi connectivity index (χ1n) is 10.6. The number of allylic oxidation sites excluding steroid dienone is 2. The molecule has 1 aliphatic carbocycles. The molecule has 184 valence electrons. The van der Waals surface area contributed by atoms with Gasteiger partial charge in [-0.15, -0.1) is 0 Å². The van der Waals surface area contributed by atoms with Crippen molar-refractivity contribution in [2.45, 2.75) is 44.3 Å². The Morgan fingerprint density at radius 1 is 1.03 bits per heavy atom. The van der Waals surface area contributed by atoms with E-state index in [2.05, 4.69) is 0 Å². The van der Waals surface area contributed by atoms with Gasteiger partial charge in [-0.2, -0.15) is 13.2 Å². The second-order valence-corrected chi connectivity index (χ2v) is 7.75. The minimum atomic E-state index is -4.64. The highest BCUT2D eigenvalue weighted by Gasteiger charge is 2.49. The van der Waals surface area contributed by atoms with E-state index in [1.165, 1.54) is 43.4 Å². The van der Waals surface area contributed by atoms with Crippen molar-refractivity contribution >= 4 is 0 Å². The van der Waals surface area contributed by atoms with E-state index in [9.17, 15) is 26.3 Å². The number of para-hydroxylation sites is 1. The van der Waals surface area contributed by atoms with Crippen LogP contribution in [0.3, 0.4) is 0 Å². The molecule has 3 rings (SSSR count). The molecular weight excluding hydrogens is 462 g/mol. The summed E-state index contributed by atoms with van der Waals surface area (Å²) in [6, 6.07) is 12.3. The Hall–Kier alpha value is -2.78. The van der Waals surface area contributed by atoms with Crippen LogP contribution < -0.4 is 4.74 Å². The average Bonchev–Trinajstić information content (AvgIpc) is 2.80. The van der Waals surface area contributed by atoms with E-state index < -0.39 is 42.6 Å². The Labute approximate surface area is 193 Å². The van der Waals surface area contributed by atoms with Crippen LogP contribution in [-0.2, 0) is 16.1 Å². The summed E-state index contributed by atoms with van der Waals surface area (Å²) in [5.74, 6) is -1.91. The number of ether oxygens (including phenoxy) is 3. The van der Waals surface area contributed by atoms with E-state index in [1.54, 1.807) is 30.3 Å². The van der Waals surface area contributed by atoms with E-state index >= 15 is 0 Å². The number of hydrogen-bond acceptors (Lipinski definition) is 3. The molecule has 2 aromatic carbocycles. The van der Waals surface area contributed by atoms with Crippen molar-refractivity contribution in [3.8, 4) is 11.5 Å². The van der Waals surface area contributed by atoms with Crippen LogP contribution in [0.25, 0.3) is 0 Å². The fourth-order valence-electron chi connectivity index (χ4n) is 3.79. The SMILES string of the molecule is CCC(OCC(F)(F)F)C1(OCc2ccc(F)c(Oc3ccccc3)c2)C=CC=CC1C(F)F. The van der Waals surface area contributed by atoms with Gasteiger partial charge < -0.3 is 14.2 Å². The van der Waals surface area contributed by atoms with Crippen molar-refractivity contribution in [3.63, 3.8) is 0 Å². The summed E-state index contributed by atoms with van der Waals surface area (Å²) in [5.41, 5.74) is -1.48. The number of halogens is 6. The van der Waals surface area contributed by atoms with Crippen LogP contribution >= 0.6 is 0 Å². The number of hydrogen-bond donors (Lipinski definition) is 0. The van der Waals surface area contributed by atoms with Crippen molar-refractivity contribution < 1.29 is 40.6 Å². The molecule has 0 heterocycles. The van der Waals surface area contributed by atoms with Crippen molar-refractivity contribution in [2.24, 2.45) is 5.92 Å². The quantitative estimate of drug-likeness (QED) is 0.332. The fraction of sp³-hybridized carbons (Fsp3) is 0.360. The van der Waals surface area contributed by atoms with Crippen molar-refractivity contribution in [3.05, 3.63) is 84.2 Å². The lowest BCUT2D eigenvalue weighted by atomic mass is 9.78. The molecule has 0 saturated heterocycles. The van der Waals surface area contributed by atoms with Gasteiger partial charge in [0.2, 0.25) is 6.43 Å². The smallest absolute Gasteiger partial charge is 0.411 e.